The van der Waals surface area contributed by atoms with Gasteiger partial charge in [-0.15, -0.1) is 0 Å². The van der Waals surface area contributed by atoms with E-state index in [1.165, 1.54) is 0 Å². The van der Waals surface area contributed by atoms with E-state index in [1.54, 1.807) is 26.4 Å². The molecule has 3 rings (SSSR count). The summed E-state index contributed by atoms with van der Waals surface area (Å²) >= 11 is 0. The third-order valence-electron chi connectivity index (χ3n) is 4.50. The number of nitrogens with zero attached hydrogens (tertiary/aromatic N) is 3. The molecule has 0 bridgehead atoms. The van der Waals surface area contributed by atoms with Crippen LogP contribution in [0.25, 0.3) is 0 Å². The number of hydrogen-bond donors (Lipinski definition) is 1. The smallest absolute Gasteiger partial charge is 0.228 e. The van der Waals surface area contributed by atoms with Crippen molar-refractivity contribution in [1.29, 1.82) is 0 Å². The average molecular weight is 292 g/mol. The number of hydrogen-bond acceptors (Lipinski definition) is 6. The van der Waals surface area contributed by atoms with E-state index < -0.39 is 5.41 Å². The van der Waals surface area contributed by atoms with Crippen molar-refractivity contribution in [3.05, 3.63) is 12.3 Å². The molecule has 0 aromatic carbocycles. The normalized spacial score (nSPS) is 28.1. The highest BCUT2D eigenvalue weighted by Gasteiger charge is 2.53. The number of carbonyl (C=O) groups is 1. The topological polar surface area (TPSA) is 76.6 Å². The Morgan fingerprint density at radius 2 is 2.48 bits per heavy atom. The van der Waals surface area contributed by atoms with Crippen LogP contribution < -0.4 is 15.0 Å². The largest absolute Gasteiger partial charge is 0.481 e. The minimum atomic E-state index is -0.403. The maximum Gasteiger partial charge on any atom is 0.228 e. The van der Waals surface area contributed by atoms with Crippen molar-refractivity contribution in [3.8, 4) is 5.88 Å². The molecule has 114 valence electrons. The molecule has 21 heavy (non-hydrogen) atoms. The van der Waals surface area contributed by atoms with Crippen molar-refractivity contribution in [2.45, 2.75) is 6.42 Å². The molecule has 2 saturated heterocycles. The number of ether oxygens (including phenoxy) is 2. The predicted octanol–water partition coefficient (Wildman–Crippen LogP) is 0.0741. The summed E-state index contributed by atoms with van der Waals surface area (Å²) in [5, 5.41) is 2.80. The molecular weight excluding hydrogens is 272 g/mol. The van der Waals surface area contributed by atoms with Gasteiger partial charge in [0.1, 0.15) is 0 Å². The summed E-state index contributed by atoms with van der Waals surface area (Å²) in [5.41, 5.74) is -0.403. The monoisotopic (exact) mass is 292 g/mol. The van der Waals surface area contributed by atoms with E-state index in [9.17, 15) is 4.79 Å². The SMILES string of the molecule is CNC(=O)C12CCOCC1CN(c1nccc(OC)n1)C2. The van der Waals surface area contributed by atoms with E-state index in [0.717, 1.165) is 13.0 Å². The van der Waals surface area contributed by atoms with Crippen LogP contribution in [0.2, 0.25) is 0 Å². The molecule has 2 fully saturated rings. The van der Waals surface area contributed by atoms with Crippen LogP contribution in [0.4, 0.5) is 5.95 Å². The van der Waals surface area contributed by atoms with E-state index in [0.29, 0.717) is 31.6 Å². The summed E-state index contributed by atoms with van der Waals surface area (Å²) in [5.74, 6) is 1.38. The first-order valence-electron chi connectivity index (χ1n) is 7.11. The van der Waals surface area contributed by atoms with Gasteiger partial charge in [-0.25, -0.2) is 4.98 Å². The summed E-state index contributed by atoms with van der Waals surface area (Å²) in [4.78, 5) is 23.1. The molecule has 3 heterocycles. The van der Waals surface area contributed by atoms with Crippen LogP contribution in [0, 0.1) is 11.3 Å². The maximum atomic E-state index is 12.4. The quantitative estimate of drug-likeness (QED) is 0.850. The van der Waals surface area contributed by atoms with Crippen LogP contribution in [0.15, 0.2) is 12.3 Å². The van der Waals surface area contributed by atoms with Crippen molar-refractivity contribution < 1.29 is 14.3 Å². The van der Waals surface area contributed by atoms with Gasteiger partial charge in [-0.3, -0.25) is 4.79 Å². The molecule has 1 amide bonds. The molecule has 1 N–H and O–H groups in total. The number of anilines is 1. The first-order valence-corrected chi connectivity index (χ1v) is 7.11. The highest BCUT2D eigenvalue weighted by molar-refractivity contribution is 5.84. The molecule has 7 nitrogen and oxygen atoms in total. The lowest BCUT2D eigenvalue weighted by Crippen LogP contribution is -2.49. The van der Waals surface area contributed by atoms with Gasteiger partial charge in [-0.05, 0) is 6.42 Å². The zero-order valence-corrected chi connectivity index (χ0v) is 12.3. The zero-order valence-electron chi connectivity index (χ0n) is 12.3. The van der Waals surface area contributed by atoms with Gasteiger partial charge in [-0.1, -0.05) is 0 Å². The maximum absolute atomic E-state index is 12.4. The number of amides is 1. The number of nitrogens with one attached hydrogen (secondary N) is 1. The van der Waals surface area contributed by atoms with Gasteiger partial charge in [-0.2, -0.15) is 4.98 Å². The molecule has 0 saturated carbocycles. The standard InChI is InChI=1S/C14H20N4O3/c1-15-12(19)14-4-6-21-8-10(14)7-18(9-14)13-16-5-3-11(17-13)20-2/h3,5,10H,4,6-9H2,1-2H3,(H,15,19). The molecule has 0 spiro atoms. The highest BCUT2D eigenvalue weighted by atomic mass is 16.5. The van der Waals surface area contributed by atoms with Gasteiger partial charge in [0, 0.05) is 44.9 Å². The summed E-state index contributed by atoms with van der Waals surface area (Å²) in [6.07, 6.45) is 2.41. The van der Waals surface area contributed by atoms with E-state index in [2.05, 4.69) is 20.2 Å². The van der Waals surface area contributed by atoms with Crippen LogP contribution in [0.1, 0.15) is 6.42 Å². The first kappa shape index (κ1) is 14.1. The van der Waals surface area contributed by atoms with E-state index in [4.69, 9.17) is 9.47 Å². The number of rotatable bonds is 3. The number of aromatic nitrogens is 2. The molecular formula is C14H20N4O3. The third kappa shape index (κ3) is 2.31. The Morgan fingerprint density at radius 3 is 3.24 bits per heavy atom. The Balaban J connectivity index is 1.88. The van der Waals surface area contributed by atoms with Gasteiger partial charge in [0.25, 0.3) is 0 Å². The van der Waals surface area contributed by atoms with Crippen LogP contribution in [0.5, 0.6) is 5.88 Å². The molecule has 2 atom stereocenters. The van der Waals surface area contributed by atoms with Gasteiger partial charge in [0.05, 0.1) is 19.1 Å². The number of carbonyl (C=O) groups excluding carboxylic acids is 1. The van der Waals surface area contributed by atoms with Crippen molar-refractivity contribution in [1.82, 2.24) is 15.3 Å². The lowest BCUT2D eigenvalue weighted by atomic mass is 9.73. The minimum absolute atomic E-state index is 0.0844. The van der Waals surface area contributed by atoms with E-state index in [1.807, 2.05) is 0 Å². The third-order valence-corrected chi connectivity index (χ3v) is 4.50. The molecule has 2 aliphatic rings. The first-order chi connectivity index (χ1) is 10.2. The lowest BCUT2D eigenvalue weighted by molar-refractivity contribution is -0.138. The summed E-state index contributed by atoms with van der Waals surface area (Å²) in [7, 11) is 3.27. The van der Waals surface area contributed by atoms with Crippen LogP contribution in [0.3, 0.4) is 0 Å². The fraction of sp³-hybridized carbons (Fsp3) is 0.643. The Bertz CT molecular complexity index is 539. The van der Waals surface area contributed by atoms with Gasteiger partial charge in [0.15, 0.2) is 0 Å². The average Bonchev–Trinajstić information content (AvgIpc) is 2.95. The van der Waals surface area contributed by atoms with Crippen LogP contribution in [-0.2, 0) is 9.53 Å². The van der Waals surface area contributed by atoms with E-state index >= 15 is 0 Å². The molecule has 1 aromatic heterocycles. The highest BCUT2D eigenvalue weighted by Crippen LogP contribution is 2.43. The Labute approximate surface area is 123 Å². The summed E-state index contributed by atoms with van der Waals surface area (Å²) < 4.78 is 10.7. The summed E-state index contributed by atoms with van der Waals surface area (Å²) in [6.45, 7) is 2.57. The Kier molecular flexibility index (Phi) is 3.67. The zero-order chi connectivity index (χ0) is 14.9. The summed E-state index contributed by atoms with van der Waals surface area (Å²) in [6, 6.07) is 1.71. The second kappa shape index (κ2) is 5.48. The van der Waals surface area contributed by atoms with Crippen LogP contribution in [-0.4, -0.2) is 56.3 Å². The molecule has 2 aliphatic heterocycles. The fourth-order valence-corrected chi connectivity index (χ4v) is 3.32. The molecule has 0 radical (unpaired) electrons. The molecule has 0 aliphatic carbocycles. The number of methoxy groups -OCH3 is 1. The predicted molar refractivity (Wildman–Crippen MR) is 76.2 cm³/mol. The molecule has 1 aromatic rings. The second-order valence-corrected chi connectivity index (χ2v) is 5.54. The van der Waals surface area contributed by atoms with Gasteiger partial charge >= 0.3 is 0 Å². The number of fused-ring (bicyclic) bond motifs is 1. The van der Waals surface area contributed by atoms with Gasteiger partial charge in [0.2, 0.25) is 17.7 Å². The van der Waals surface area contributed by atoms with Crippen LogP contribution >= 0.6 is 0 Å². The Hall–Kier alpha value is -1.89. The molecule has 7 heteroatoms. The minimum Gasteiger partial charge on any atom is -0.481 e. The van der Waals surface area contributed by atoms with E-state index in [-0.39, 0.29) is 11.8 Å². The second-order valence-electron chi connectivity index (χ2n) is 5.54. The van der Waals surface area contributed by atoms with Crippen molar-refractivity contribution in [2.75, 3.05) is 45.4 Å². The van der Waals surface area contributed by atoms with Crippen molar-refractivity contribution >= 4 is 11.9 Å². The van der Waals surface area contributed by atoms with Crippen molar-refractivity contribution in [2.24, 2.45) is 11.3 Å². The van der Waals surface area contributed by atoms with Gasteiger partial charge < -0.3 is 19.7 Å². The molecule has 2 unspecified atom stereocenters. The fourth-order valence-electron chi connectivity index (χ4n) is 3.32. The van der Waals surface area contributed by atoms with Crippen molar-refractivity contribution in [3.63, 3.8) is 0 Å². The lowest BCUT2D eigenvalue weighted by Gasteiger charge is -2.36. The Morgan fingerprint density at radius 1 is 1.62 bits per heavy atom.